The second-order valence-electron chi connectivity index (χ2n) is 5.04. The van der Waals surface area contributed by atoms with Crippen LogP contribution < -0.4 is 5.32 Å². The molecular weight excluding hydrogens is 264 g/mol. The van der Waals surface area contributed by atoms with Crippen LogP contribution in [0.15, 0.2) is 30.3 Å². The number of nitrogens with one attached hydrogen (secondary N) is 1. The molecule has 1 aliphatic heterocycles. The van der Waals surface area contributed by atoms with E-state index < -0.39 is 6.09 Å². The van der Waals surface area contributed by atoms with Crippen LogP contribution in [0.3, 0.4) is 0 Å². The topological polar surface area (TPSA) is 52.6 Å². The lowest BCUT2D eigenvalue weighted by Crippen LogP contribution is -2.51. The van der Waals surface area contributed by atoms with Crippen LogP contribution in [0.1, 0.15) is 18.9 Å². The van der Waals surface area contributed by atoms with E-state index >= 15 is 0 Å². The lowest BCUT2D eigenvalue weighted by Gasteiger charge is -2.36. The Balaban J connectivity index is 0.00000180. The van der Waals surface area contributed by atoms with Gasteiger partial charge in [-0.05, 0) is 24.4 Å². The van der Waals surface area contributed by atoms with Crippen molar-refractivity contribution >= 4 is 18.5 Å². The van der Waals surface area contributed by atoms with Gasteiger partial charge in [0.05, 0.1) is 0 Å². The van der Waals surface area contributed by atoms with E-state index in [0.29, 0.717) is 5.92 Å². The Morgan fingerprint density at radius 1 is 1.42 bits per heavy atom. The molecule has 2 N–H and O–H groups in total. The summed E-state index contributed by atoms with van der Waals surface area (Å²) in [6.07, 6.45) is 0.117. The van der Waals surface area contributed by atoms with Gasteiger partial charge in [0.2, 0.25) is 0 Å². The molecule has 0 spiro atoms. The quantitative estimate of drug-likeness (QED) is 0.897. The van der Waals surface area contributed by atoms with Crippen LogP contribution in [0.25, 0.3) is 0 Å². The van der Waals surface area contributed by atoms with Crippen molar-refractivity contribution in [1.82, 2.24) is 10.2 Å². The maximum Gasteiger partial charge on any atom is 0.404 e. The summed E-state index contributed by atoms with van der Waals surface area (Å²) in [4.78, 5) is 13.1. The first-order valence-electron chi connectivity index (χ1n) is 6.41. The van der Waals surface area contributed by atoms with Crippen LogP contribution in [0.4, 0.5) is 4.79 Å². The summed E-state index contributed by atoms with van der Waals surface area (Å²) in [6, 6.07) is 10.3. The standard InChI is InChI=1S/C14H20N2O2.ClH/c1-11-7-8-16(10-13(11)15-14(17)18)9-12-5-3-2-4-6-12;/h2-6,11,13,15H,7-10H2,1H3,(H,17,18);1H. The van der Waals surface area contributed by atoms with Gasteiger partial charge in [0, 0.05) is 19.1 Å². The number of halogens is 1. The van der Waals surface area contributed by atoms with Gasteiger partial charge in [-0.1, -0.05) is 37.3 Å². The zero-order chi connectivity index (χ0) is 13.0. The maximum atomic E-state index is 10.7. The highest BCUT2D eigenvalue weighted by atomic mass is 35.5. The maximum absolute atomic E-state index is 10.7. The predicted molar refractivity (Wildman–Crippen MR) is 77.7 cm³/mol. The Hall–Kier alpha value is -1.26. The number of hydrogen-bond acceptors (Lipinski definition) is 2. The van der Waals surface area contributed by atoms with Gasteiger partial charge >= 0.3 is 6.09 Å². The van der Waals surface area contributed by atoms with Crippen molar-refractivity contribution in [2.45, 2.75) is 25.9 Å². The molecule has 2 atom stereocenters. The van der Waals surface area contributed by atoms with E-state index in [4.69, 9.17) is 5.11 Å². The number of likely N-dealkylation sites (tertiary alicyclic amines) is 1. The second-order valence-corrected chi connectivity index (χ2v) is 5.04. The third-order valence-corrected chi connectivity index (χ3v) is 3.60. The summed E-state index contributed by atoms with van der Waals surface area (Å²) in [6.45, 7) is 4.84. The van der Waals surface area contributed by atoms with E-state index in [9.17, 15) is 4.79 Å². The molecule has 0 aromatic heterocycles. The van der Waals surface area contributed by atoms with Crippen LogP contribution in [0.5, 0.6) is 0 Å². The predicted octanol–water partition coefficient (Wildman–Crippen LogP) is 2.59. The molecule has 0 bridgehead atoms. The van der Waals surface area contributed by atoms with Crippen LogP contribution >= 0.6 is 12.4 Å². The number of carboxylic acid groups (broad SMARTS) is 1. The molecule has 1 saturated heterocycles. The highest BCUT2D eigenvalue weighted by Crippen LogP contribution is 2.19. The smallest absolute Gasteiger partial charge is 0.404 e. The van der Waals surface area contributed by atoms with Crippen molar-refractivity contribution in [3.05, 3.63) is 35.9 Å². The van der Waals surface area contributed by atoms with E-state index in [-0.39, 0.29) is 18.4 Å². The Labute approximate surface area is 120 Å². The van der Waals surface area contributed by atoms with Gasteiger partial charge in [-0.2, -0.15) is 0 Å². The molecule has 2 rings (SSSR count). The summed E-state index contributed by atoms with van der Waals surface area (Å²) in [5.74, 6) is 0.410. The molecule has 1 aliphatic rings. The average molecular weight is 285 g/mol. The number of carbonyl (C=O) groups is 1. The fourth-order valence-corrected chi connectivity index (χ4v) is 2.47. The first kappa shape index (κ1) is 15.8. The number of hydrogen-bond donors (Lipinski definition) is 2. The molecule has 1 heterocycles. The number of piperidine rings is 1. The number of amides is 1. The zero-order valence-corrected chi connectivity index (χ0v) is 11.9. The molecule has 4 nitrogen and oxygen atoms in total. The summed E-state index contributed by atoms with van der Waals surface area (Å²) < 4.78 is 0. The summed E-state index contributed by atoms with van der Waals surface area (Å²) in [7, 11) is 0. The third-order valence-electron chi connectivity index (χ3n) is 3.60. The Kier molecular flexibility index (Phi) is 6.12. The van der Waals surface area contributed by atoms with E-state index in [1.165, 1.54) is 5.56 Å². The molecule has 0 saturated carbocycles. The lowest BCUT2D eigenvalue weighted by atomic mass is 9.93. The molecule has 19 heavy (non-hydrogen) atoms. The molecular formula is C14H21ClN2O2. The Morgan fingerprint density at radius 3 is 2.74 bits per heavy atom. The summed E-state index contributed by atoms with van der Waals surface area (Å²) in [5.41, 5.74) is 1.28. The van der Waals surface area contributed by atoms with E-state index in [1.54, 1.807) is 0 Å². The monoisotopic (exact) mass is 284 g/mol. The van der Waals surface area contributed by atoms with E-state index in [1.807, 2.05) is 18.2 Å². The minimum Gasteiger partial charge on any atom is -0.465 e. The van der Waals surface area contributed by atoms with Crippen molar-refractivity contribution < 1.29 is 9.90 Å². The molecule has 2 unspecified atom stereocenters. The van der Waals surface area contributed by atoms with Gasteiger partial charge in [-0.15, -0.1) is 12.4 Å². The Morgan fingerprint density at radius 2 is 2.11 bits per heavy atom. The molecule has 1 aromatic rings. The molecule has 1 aromatic carbocycles. The largest absolute Gasteiger partial charge is 0.465 e. The van der Waals surface area contributed by atoms with Crippen LogP contribution in [0, 0.1) is 5.92 Å². The number of benzene rings is 1. The zero-order valence-electron chi connectivity index (χ0n) is 11.1. The molecule has 5 heteroatoms. The number of nitrogens with zero attached hydrogens (tertiary/aromatic N) is 1. The summed E-state index contributed by atoms with van der Waals surface area (Å²) >= 11 is 0. The lowest BCUT2D eigenvalue weighted by molar-refractivity contribution is 0.131. The number of rotatable bonds is 3. The van der Waals surface area contributed by atoms with Crippen molar-refractivity contribution in [3.8, 4) is 0 Å². The van der Waals surface area contributed by atoms with E-state index in [2.05, 4.69) is 29.3 Å². The van der Waals surface area contributed by atoms with Gasteiger partial charge in [0.15, 0.2) is 0 Å². The van der Waals surface area contributed by atoms with Crippen LogP contribution in [-0.2, 0) is 6.54 Å². The molecule has 1 amide bonds. The highest BCUT2D eigenvalue weighted by molar-refractivity contribution is 5.85. The van der Waals surface area contributed by atoms with Gasteiger partial charge in [0.1, 0.15) is 0 Å². The first-order valence-corrected chi connectivity index (χ1v) is 6.41. The summed E-state index contributed by atoms with van der Waals surface area (Å²) in [5, 5.41) is 11.5. The van der Waals surface area contributed by atoms with Gasteiger partial charge < -0.3 is 10.4 Å². The fourth-order valence-electron chi connectivity index (χ4n) is 2.47. The highest BCUT2D eigenvalue weighted by Gasteiger charge is 2.27. The third kappa shape index (κ3) is 4.73. The molecule has 106 valence electrons. The van der Waals surface area contributed by atoms with Crippen molar-refractivity contribution in [2.75, 3.05) is 13.1 Å². The van der Waals surface area contributed by atoms with Gasteiger partial charge in [0.25, 0.3) is 0 Å². The fraction of sp³-hybridized carbons (Fsp3) is 0.500. The SMILES string of the molecule is CC1CCN(Cc2ccccc2)CC1NC(=O)O.Cl. The average Bonchev–Trinajstić information content (AvgIpc) is 2.34. The second kappa shape index (κ2) is 7.36. The molecule has 1 fully saturated rings. The van der Waals surface area contributed by atoms with Gasteiger partial charge in [-0.25, -0.2) is 4.79 Å². The van der Waals surface area contributed by atoms with Crippen LogP contribution in [0.2, 0.25) is 0 Å². The Bertz CT molecular complexity index is 400. The minimum atomic E-state index is -0.923. The van der Waals surface area contributed by atoms with Crippen LogP contribution in [-0.4, -0.2) is 35.2 Å². The van der Waals surface area contributed by atoms with Crippen molar-refractivity contribution in [2.24, 2.45) is 5.92 Å². The van der Waals surface area contributed by atoms with Crippen molar-refractivity contribution in [1.29, 1.82) is 0 Å². The normalized spacial score (nSPS) is 23.4. The van der Waals surface area contributed by atoms with Crippen molar-refractivity contribution in [3.63, 3.8) is 0 Å². The molecule has 0 aliphatic carbocycles. The van der Waals surface area contributed by atoms with Gasteiger partial charge in [-0.3, -0.25) is 4.90 Å². The minimum absolute atomic E-state index is 0. The molecule has 0 radical (unpaired) electrons. The van der Waals surface area contributed by atoms with E-state index in [0.717, 1.165) is 26.1 Å². The first-order chi connectivity index (χ1) is 8.65.